The highest BCUT2D eigenvalue weighted by Gasteiger charge is 2.16. The molecule has 0 amide bonds. The lowest BCUT2D eigenvalue weighted by Gasteiger charge is -2.18. The van der Waals surface area contributed by atoms with Crippen molar-refractivity contribution in [2.24, 2.45) is 0 Å². The Morgan fingerprint density at radius 3 is 3.00 bits per heavy atom. The van der Waals surface area contributed by atoms with Crippen molar-refractivity contribution >= 4 is 22.7 Å². The Balaban J connectivity index is 1.77. The van der Waals surface area contributed by atoms with E-state index in [0.29, 0.717) is 17.0 Å². The summed E-state index contributed by atoms with van der Waals surface area (Å²) in [7, 11) is 0. The lowest BCUT2D eigenvalue weighted by atomic mass is 10.0. The number of aromatic nitrogens is 3. The average molecular weight is 374 g/mol. The minimum atomic E-state index is -0.310. The number of fused-ring (bicyclic) bond motifs is 2. The van der Waals surface area contributed by atoms with Crippen LogP contribution in [0, 0.1) is 11.3 Å². The number of nitrogens with one attached hydrogen (secondary N) is 2. The maximum atomic E-state index is 12.7. The van der Waals surface area contributed by atoms with Gasteiger partial charge in [0.1, 0.15) is 17.3 Å². The Labute approximate surface area is 163 Å². The van der Waals surface area contributed by atoms with Gasteiger partial charge in [0.25, 0.3) is 5.56 Å². The number of rotatable bonds is 4. The summed E-state index contributed by atoms with van der Waals surface area (Å²) in [5.41, 5.74) is 3.89. The van der Waals surface area contributed by atoms with E-state index in [2.05, 4.69) is 32.7 Å². The van der Waals surface area contributed by atoms with Crippen LogP contribution < -0.4 is 16.2 Å². The molecule has 3 aromatic rings. The van der Waals surface area contributed by atoms with Crippen LogP contribution in [0.2, 0.25) is 0 Å². The fourth-order valence-corrected chi connectivity index (χ4v) is 3.54. The van der Waals surface area contributed by atoms with Crippen LogP contribution in [0.5, 0.6) is 0 Å². The molecule has 1 aliphatic rings. The van der Waals surface area contributed by atoms with Gasteiger partial charge in [-0.25, -0.2) is 4.98 Å². The molecule has 2 N–H and O–H groups in total. The van der Waals surface area contributed by atoms with Gasteiger partial charge < -0.3 is 10.6 Å². The number of nitriles is 1. The number of nitrogens with zero attached hydrogens (tertiary/aromatic N) is 4. The Morgan fingerprint density at radius 1 is 1.36 bits per heavy atom. The topological polar surface area (TPSA) is 95.6 Å². The van der Waals surface area contributed by atoms with Gasteiger partial charge in [0, 0.05) is 29.9 Å². The molecule has 28 heavy (non-hydrogen) atoms. The molecule has 1 aromatic carbocycles. The summed E-state index contributed by atoms with van der Waals surface area (Å²) < 4.78 is 1.60. The quantitative estimate of drug-likeness (QED) is 0.729. The first-order valence-electron chi connectivity index (χ1n) is 9.52. The molecule has 0 spiro atoms. The van der Waals surface area contributed by atoms with Gasteiger partial charge in [-0.05, 0) is 55.6 Å². The van der Waals surface area contributed by atoms with Gasteiger partial charge in [0.05, 0.1) is 0 Å². The summed E-state index contributed by atoms with van der Waals surface area (Å²) in [6.07, 6.45) is 3.41. The van der Waals surface area contributed by atoms with E-state index in [1.165, 1.54) is 11.1 Å². The largest absolute Gasteiger partial charge is 0.324 e. The number of anilines is 2. The molecule has 142 valence electrons. The Morgan fingerprint density at radius 2 is 2.21 bits per heavy atom. The predicted molar refractivity (Wildman–Crippen MR) is 109 cm³/mol. The molecule has 0 fully saturated rings. The molecule has 7 heteroatoms. The van der Waals surface area contributed by atoms with Crippen LogP contribution in [0.4, 0.5) is 11.6 Å². The number of benzene rings is 1. The first-order chi connectivity index (χ1) is 13.6. The maximum absolute atomic E-state index is 12.7. The Bertz CT molecular complexity index is 1140. The predicted octanol–water partition coefficient (Wildman–Crippen LogP) is 3.02. The lowest BCUT2D eigenvalue weighted by Crippen LogP contribution is -2.26. The van der Waals surface area contributed by atoms with Gasteiger partial charge in [-0.3, -0.25) is 9.36 Å². The molecule has 0 aliphatic carbocycles. The van der Waals surface area contributed by atoms with Crippen LogP contribution in [0.25, 0.3) is 11.0 Å². The van der Waals surface area contributed by atoms with Crippen LogP contribution in [0.1, 0.15) is 43.0 Å². The monoisotopic (exact) mass is 374 g/mol. The van der Waals surface area contributed by atoms with Gasteiger partial charge in [-0.2, -0.15) is 10.2 Å². The van der Waals surface area contributed by atoms with E-state index in [1.807, 2.05) is 26.0 Å². The van der Waals surface area contributed by atoms with Gasteiger partial charge >= 0.3 is 0 Å². The van der Waals surface area contributed by atoms with E-state index in [0.717, 1.165) is 31.6 Å². The molecule has 2 aromatic heterocycles. The van der Waals surface area contributed by atoms with E-state index in [-0.39, 0.29) is 17.2 Å². The number of pyridine rings is 1. The third kappa shape index (κ3) is 3.23. The van der Waals surface area contributed by atoms with Crippen molar-refractivity contribution in [1.82, 2.24) is 19.9 Å². The van der Waals surface area contributed by atoms with Gasteiger partial charge in [-0.1, -0.05) is 13.0 Å². The summed E-state index contributed by atoms with van der Waals surface area (Å²) in [5, 5.41) is 16.6. The van der Waals surface area contributed by atoms with Crippen molar-refractivity contribution in [3.05, 3.63) is 57.5 Å². The molecule has 4 rings (SSSR count). The zero-order chi connectivity index (χ0) is 19.7. The smallest absolute Gasteiger partial charge is 0.270 e. The Hall–Kier alpha value is -3.24. The van der Waals surface area contributed by atoms with Crippen LogP contribution in [0.3, 0.4) is 0 Å². The summed E-state index contributed by atoms with van der Waals surface area (Å²) in [6, 6.07) is 9.73. The molecule has 1 aliphatic heterocycles. The standard InChI is InChI=1S/C21H22N6O/c1-3-13(2)27-19-17(8-16(10-22)20(27)28)12-24-21(26-19)25-18-5-4-15-11-23-7-6-14(15)9-18/h4-5,8-9,12-13,23H,3,6-7,11H2,1-2H3,(H,24,25,26). The van der Waals surface area contributed by atoms with E-state index >= 15 is 0 Å². The molecule has 1 atom stereocenters. The highest BCUT2D eigenvalue weighted by Crippen LogP contribution is 2.23. The van der Waals surface area contributed by atoms with E-state index < -0.39 is 0 Å². The van der Waals surface area contributed by atoms with Crippen molar-refractivity contribution in [3.63, 3.8) is 0 Å². The molecular formula is C21H22N6O. The van der Waals surface area contributed by atoms with Crippen molar-refractivity contribution < 1.29 is 0 Å². The molecule has 0 radical (unpaired) electrons. The van der Waals surface area contributed by atoms with Gasteiger partial charge in [-0.15, -0.1) is 0 Å². The summed E-state index contributed by atoms with van der Waals surface area (Å²) in [6.45, 7) is 5.83. The molecule has 1 unspecified atom stereocenters. The molecule has 3 heterocycles. The van der Waals surface area contributed by atoms with Crippen LogP contribution in [-0.2, 0) is 13.0 Å². The first-order valence-corrected chi connectivity index (χ1v) is 9.52. The lowest BCUT2D eigenvalue weighted by molar-refractivity contribution is 0.527. The number of hydrogen-bond acceptors (Lipinski definition) is 6. The van der Waals surface area contributed by atoms with E-state index in [4.69, 9.17) is 0 Å². The van der Waals surface area contributed by atoms with Gasteiger partial charge in [0.15, 0.2) is 0 Å². The van der Waals surface area contributed by atoms with Crippen molar-refractivity contribution in [2.45, 2.75) is 39.3 Å². The second kappa shape index (κ2) is 7.41. The van der Waals surface area contributed by atoms with E-state index in [1.54, 1.807) is 16.8 Å². The van der Waals surface area contributed by atoms with Crippen molar-refractivity contribution in [3.8, 4) is 6.07 Å². The first kappa shape index (κ1) is 18.1. The average Bonchev–Trinajstić information content (AvgIpc) is 2.72. The maximum Gasteiger partial charge on any atom is 0.270 e. The third-order valence-electron chi connectivity index (χ3n) is 5.27. The molecule has 0 saturated carbocycles. The second-order valence-corrected chi connectivity index (χ2v) is 7.11. The third-order valence-corrected chi connectivity index (χ3v) is 5.27. The summed E-state index contributed by atoms with van der Waals surface area (Å²) >= 11 is 0. The van der Waals surface area contributed by atoms with E-state index in [9.17, 15) is 10.1 Å². The van der Waals surface area contributed by atoms with Gasteiger partial charge in [0.2, 0.25) is 5.95 Å². The zero-order valence-electron chi connectivity index (χ0n) is 16.0. The fourth-order valence-electron chi connectivity index (χ4n) is 3.54. The highest BCUT2D eigenvalue weighted by atomic mass is 16.1. The van der Waals surface area contributed by atoms with Crippen molar-refractivity contribution in [1.29, 1.82) is 5.26 Å². The minimum absolute atomic E-state index is 0.0673. The molecule has 7 nitrogen and oxygen atoms in total. The highest BCUT2D eigenvalue weighted by molar-refractivity contribution is 5.77. The van der Waals surface area contributed by atoms with Crippen molar-refractivity contribution in [2.75, 3.05) is 11.9 Å². The normalized spacial score (nSPS) is 14.3. The fraction of sp³-hybridized carbons (Fsp3) is 0.333. The van der Waals surface area contributed by atoms with Crippen LogP contribution in [-0.4, -0.2) is 21.1 Å². The van der Waals surface area contributed by atoms with Crippen LogP contribution in [0.15, 0.2) is 35.3 Å². The summed E-state index contributed by atoms with van der Waals surface area (Å²) in [4.78, 5) is 21.7. The van der Waals surface area contributed by atoms with Crippen LogP contribution >= 0.6 is 0 Å². The Kier molecular flexibility index (Phi) is 4.80. The number of hydrogen-bond donors (Lipinski definition) is 2. The minimum Gasteiger partial charge on any atom is -0.324 e. The molecule has 0 bridgehead atoms. The zero-order valence-corrected chi connectivity index (χ0v) is 16.0. The SMILES string of the molecule is CCC(C)n1c(=O)c(C#N)cc2cnc(Nc3ccc4c(c3)CCNC4)nc21. The molecular weight excluding hydrogens is 352 g/mol. The molecule has 0 saturated heterocycles. The second-order valence-electron chi connectivity index (χ2n) is 7.11. The summed E-state index contributed by atoms with van der Waals surface area (Å²) in [5.74, 6) is 0.433.